The third kappa shape index (κ3) is 8.27. The molecule has 7 nitrogen and oxygen atoms in total. The monoisotopic (exact) mass is 622 g/mol. The minimum absolute atomic E-state index is 0.0917. The van der Waals surface area contributed by atoms with Crippen molar-refractivity contribution < 1.29 is 18.8 Å². The Bertz CT molecular complexity index is 1820. The number of benzene rings is 4. The molecule has 1 heterocycles. The predicted octanol–water partition coefficient (Wildman–Crippen LogP) is 7.40. The Kier molecular flexibility index (Phi) is 9.96. The number of rotatable bonds is 10. The van der Waals surface area contributed by atoms with Crippen LogP contribution in [-0.4, -0.2) is 28.5 Å². The van der Waals surface area contributed by atoms with Gasteiger partial charge in [-0.05, 0) is 78.7 Å². The van der Waals surface area contributed by atoms with Gasteiger partial charge in [0.2, 0.25) is 5.91 Å². The van der Waals surface area contributed by atoms with E-state index >= 15 is 0 Å². The van der Waals surface area contributed by atoms with Crippen molar-refractivity contribution in [2.24, 2.45) is 0 Å². The molecular weight excluding hydrogens is 596 g/mol. The molecule has 0 aliphatic rings. The highest BCUT2D eigenvalue weighted by molar-refractivity contribution is 8.00. The van der Waals surface area contributed by atoms with Crippen molar-refractivity contribution in [2.75, 3.05) is 16.4 Å². The fourth-order valence-corrected chi connectivity index (χ4v) is 5.59. The molecule has 220 valence electrons. The lowest BCUT2D eigenvalue weighted by Gasteiger charge is -2.13. The molecule has 0 fully saturated rings. The Hall–Kier alpha value is -5.06. The fourth-order valence-electron chi connectivity index (χ4n) is 4.10. The summed E-state index contributed by atoms with van der Waals surface area (Å²) in [7, 11) is 0. The lowest BCUT2D eigenvalue weighted by molar-refractivity contribution is -0.114. The summed E-state index contributed by atoms with van der Waals surface area (Å²) < 4.78 is 13.2. The molecule has 10 heteroatoms. The predicted molar refractivity (Wildman–Crippen MR) is 175 cm³/mol. The summed E-state index contributed by atoms with van der Waals surface area (Å²) in [6.45, 7) is 1.93. The number of carbonyl (C=O) groups is 3. The molecule has 0 spiro atoms. The zero-order valence-corrected chi connectivity index (χ0v) is 25.2. The van der Waals surface area contributed by atoms with Crippen molar-refractivity contribution in [2.45, 2.75) is 11.8 Å². The third-order valence-corrected chi connectivity index (χ3v) is 8.12. The van der Waals surface area contributed by atoms with E-state index in [2.05, 4.69) is 20.9 Å². The van der Waals surface area contributed by atoms with E-state index in [-0.39, 0.29) is 23.2 Å². The first-order valence-corrected chi connectivity index (χ1v) is 15.4. The van der Waals surface area contributed by atoms with Crippen LogP contribution in [0.1, 0.15) is 21.5 Å². The summed E-state index contributed by atoms with van der Waals surface area (Å²) in [4.78, 5) is 44.1. The lowest BCUT2D eigenvalue weighted by atomic mass is 10.1. The Morgan fingerprint density at radius 1 is 0.886 bits per heavy atom. The quantitative estimate of drug-likeness (QED) is 0.111. The Balaban J connectivity index is 1.23. The van der Waals surface area contributed by atoms with Crippen molar-refractivity contribution in [1.82, 2.24) is 10.3 Å². The minimum Gasteiger partial charge on any atom is -0.321 e. The van der Waals surface area contributed by atoms with Gasteiger partial charge in [-0.3, -0.25) is 14.4 Å². The molecule has 3 N–H and O–H groups in total. The van der Waals surface area contributed by atoms with E-state index in [0.717, 1.165) is 21.6 Å². The molecule has 3 amide bonds. The molecule has 0 saturated heterocycles. The molecule has 0 atom stereocenters. The maximum absolute atomic E-state index is 13.4. The number of thiazole rings is 1. The number of halogens is 1. The van der Waals surface area contributed by atoms with Gasteiger partial charge >= 0.3 is 0 Å². The average molecular weight is 623 g/mol. The zero-order chi connectivity index (χ0) is 30.9. The van der Waals surface area contributed by atoms with Gasteiger partial charge in [-0.25, -0.2) is 9.37 Å². The van der Waals surface area contributed by atoms with Crippen LogP contribution in [0.15, 0.2) is 119 Å². The third-order valence-electron chi connectivity index (χ3n) is 6.37. The second-order valence-corrected chi connectivity index (χ2v) is 11.5. The van der Waals surface area contributed by atoms with Crippen LogP contribution < -0.4 is 16.0 Å². The van der Waals surface area contributed by atoms with Gasteiger partial charge in [0.05, 0.1) is 11.4 Å². The van der Waals surface area contributed by atoms with Crippen LogP contribution in [0.5, 0.6) is 0 Å². The second kappa shape index (κ2) is 14.4. The smallest absolute Gasteiger partial charge is 0.272 e. The Morgan fingerprint density at radius 3 is 2.41 bits per heavy atom. The van der Waals surface area contributed by atoms with E-state index in [1.807, 2.05) is 43.3 Å². The average Bonchev–Trinajstić information content (AvgIpc) is 3.50. The first-order valence-electron chi connectivity index (χ1n) is 13.5. The molecule has 0 radical (unpaired) electrons. The Labute approximate surface area is 262 Å². The first kappa shape index (κ1) is 30.4. The van der Waals surface area contributed by atoms with Crippen LogP contribution >= 0.6 is 23.1 Å². The van der Waals surface area contributed by atoms with Crippen molar-refractivity contribution in [3.63, 3.8) is 0 Å². The maximum atomic E-state index is 13.4. The van der Waals surface area contributed by atoms with Crippen LogP contribution in [0.2, 0.25) is 0 Å². The van der Waals surface area contributed by atoms with E-state index in [0.29, 0.717) is 22.1 Å². The molecule has 0 unspecified atom stereocenters. The second-order valence-electron chi connectivity index (χ2n) is 9.60. The van der Waals surface area contributed by atoms with E-state index in [1.54, 1.807) is 66.1 Å². The molecule has 0 aliphatic carbocycles. The number of hydrogen-bond donors (Lipinski definition) is 3. The van der Waals surface area contributed by atoms with Crippen LogP contribution in [0, 0.1) is 12.7 Å². The van der Waals surface area contributed by atoms with Gasteiger partial charge in [0.25, 0.3) is 11.8 Å². The zero-order valence-electron chi connectivity index (χ0n) is 23.5. The van der Waals surface area contributed by atoms with E-state index in [9.17, 15) is 18.8 Å². The maximum Gasteiger partial charge on any atom is 0.272 e. The van der Waals surface area contributed by atoms with E-state index in [4.69, 9.17) is 0 Å². The van der Waals surface area contributed by atoms with Gasteiger partial charge < -0.3 is 16.0 Å². The molecule has 0 bridgehead atoms. The van der Waals surface area contributed by atoms with Gasteiger partial charge in [0.15, 0.2) is 5.13 Å². The van der Waals surface area contributed by atoms with Gasteiger partial charge in [0.1, 0.15) is 11.5 Å². The molecule has 44 heavy (non-hydrogen) atoms. The number of hydrogen-bond acceptors (Lipinski definition) is 6. The number of anilines is 2. The number of amides is 3. The molecule has 4 aromatic carbocycles. The minimum atomic E-state index is -0.488. The normalized spacial score (nSPS) is 11.1. The van der Waals surface area contributed by atoms with Gasteiger partial charge in [-0.15, -0.1) is 23.1 Å². The number of aromatic nitrogens is 1. The highest BCUT2D eigenvalue weighted by Gasteiger charge is 2.16. The van der Waals surface area contributed by atoms with Crippen molar-refractivity contribution in [3.8, 4) is 11.3 Å². The summed E-state index contributed by atoms with van der Waals surface area (Å²) in [6, 6.07) is 29.3. The molecule has 5 rings (SSSR count). The molecular formula is C34H27FN4O3S2. The number of carbonyl (C=O) groups excluding carboxylic acids is 3. The summed E-state index contributed by atoms with van der Waals surface area (Å²) in [5.41, 5.74) is 4.18. The SMILES string of the molecule is Cc1ccccc1/C=C(\NC(=O)c1ccccc1)C(=O)Nc1cccc(SCC(=O)Nc2nc(-c3ccc(F)cc3)cs2)c1. The van der Waals surface area contributed by atoms with Gasteiger partial charge in [-0.1, -0.05) is 48.5 Å². The lowest BCUT2D eigenvalue weighted by Crippen LogP contribution is -2.30. The molecule has 5 aromatic rings. The van der Waals surface area contributed by atoms with Gasteiger partial charge in [-0.2, -0.15) is 0 Å². The van der Waals surface area contributed by atoms with Crippen LogP contribution in [0.25, 0.3) is 17.3 Å². The number of nitrogens with one attached hydrogen (secondary N) is 3. The molecule has 1 aromatic heterocycles. The number of aryl methyl sites for hydroxylation is 1. The number of thioether (sulfide) groups is 1. The summed E-state index contributed by atoms with van der Waals surface area (Å²) in [5.74, 6) is -1.34. The van der Waals surface area contributed by atoms with Crippen molar-refractivity contribution >= 4 is 57.7 Å². The van der Waals surface area contributed by atoms with Crippen molar-refractivity contribution in [1.29, 1.82) is 0 Å². The fraction of sp³-hybridized carbons (Fsp3) is 0.0588. The number of nitrogens with zero attached hydrogens (tertiary/aromatic N) is 1. The van der Waals surface area contributed by atoms with Crippen molar-refractivity contribution in [3.05, 3.63) is 137 Å². The van der Waals surface area contributed by atoms with E-state index in [1.165, 1.54) is 35.2 Å². The largest absolute Gasteiger partial charge is 0.321 e. The van der Waals surface area contributed by atoms with Crippen LogP contribution in [0.3, 0.4) is 0 Å². The van der Waals surface area contributed by atoms with Gasteiger partial charge in [0, 0.05) is 27.1 Å². The standard InChI is InChI=1S/C34H27FN4O3S2/c1-22-8-5-6-11-25(22)18-29(37-32(41)24-9-3-2-4-10-24)33(42)36-27-12-7-13-28(19-27)43-21-31(40)39-34-38-30(20-44-34)23-14-16-26(35)17-15-23/h2-20H,21H2,1H3,(H,36,42)(H,37,41)(H,38,39,40)/b29-18-. The summed E-state index contributed by atoms with van der Waals surface area (Å²) in [5, 5.41) is 10.6. The topological polar surface area (TPSA) is 100 Å². The first-order chi connectivity index (χ1) is 21.3. The van der Waals surface area contributed by atoms with Crippen LogP contribution in [-0.2, 0) is 9.59 Å². The Morgan fingerprint density at radius 2 is 1.64 bits per heavy atom. The molecule has 0 saturated carbocycles. The van der Waals surface area contributed by atoms with Crippen LogP contribution in [0.4, 0.5) is 15.2 Å². The summed E-state index contributed by atoms with van der Waals surface area (Å²) in [6.07, 6.45) is 1.65. The molecule has 0 aliphatic heterocycles. The summed E-state index contributed by atoms with van der Waals surface area (Å²) >= 11 is 2.59. The highest BCUT2D eigenvalue weighted by atomic mass is 32.2. The van der Waals surface area contributed by atoms with E-state index < -0.39 is 11.8 Å². The highest BCUT2D eigenvalue weighted by Crippen LogP contribution is 2.26.